The van der Waals surface area contributed by atoms with Crippen molar-refractivity contribution in [3.63, 3.8) is 0 Å². The SMILES string of the molecule is COc1ccc2c(c1)C(C)(CS(=O)(=O)O)C(=O)N2C. The second-order valence-corrected chi connectivity index (χ2v) is 6.26. The van der Waals surface area contributed by atoms with E-state index < -0.39 is 21.3 Å². The van der Waals surface area contributed by atoms with Crippen molar-refractivity contribution < 1.29 is 22.5 Å². The number of likely N-dealkylation sites (N-methyl/N-ethyl adjacent to an activating group) is 1. The number of fused-ring (bicyclic) bond motifs is 1. The van der Waals surface area contributed by atoms with Gasteiger partial charge in [-0.15, -0.1) is 0 Å². The molecule has 7 heteroatoms. The molecule has 1 aromatic carbocycles. The van der Waals surface area contributed by atoms with E-state index in [1.165, 1.54) is 18.9 Å². The lowest BCUT2D eigenvalue weighted by Gasteiger charge is -2.21. The van der Waals surface area contributed by atoms with Gasteiger partial charge in [-0.2, -0.15) is 8.42 Å². The maximum absolute atomic E-state index is 12.3. The molecular formula is C12H15NO5S. The summed E-state index contributed by atoms with van der Waals surface area (Å²) in [5.74, 6) is -0.486. The van der Waals surface area contributed by atoms with E-state index >= 15 is 0 Å². The van der Waals surface area contributed by atoms with Crippen LogP contribution in [0.1, 0.15) is 12.5 Å². The van der Waals surface area contributed by atoms with E-state index in [9.17, 15) is 13.2 Å². The highest BCUT2D eigenvalue weighted by atomic mass is 32.2. The van der Waals surface area contributed by atoms with Crippen LogP contribution in [0.5, 0.6) is 5.75 Å². The Morgan fingerprint density at radius 3 is 2.58 bits per heavy atom. The van der Waals surface area contributed by atoms with Crippen molar-refractivity contribution in [2.45, 2.75) is 12.3 Å². The quantitative estimate of drug-likeness (QED) is 0.831. The summed E-state index contributed by atoms with van der Waals surface area (Å²) in [6, 6.07) is 5.02. The first kappa shape index (κ1) is 13.8. The van der Waals surface area contributed by atoms with Crippen molar-refractivity contribution >= 4 is 21.7 Å². The fourth-order valence-corrected chi connectivity index (χ4v) is 3.48. The van der Waals surface area contributed by atoms with Crippen molar-refractivity contribution in [1.29, 1.82) is 0 Å². The van der Waals surface area contributed by atoms with E-state index in [1.54, 1.807) is 25.2 Å². The Labute approximate surface area is 111 Å². The fourth-order valence-electron chi connectivity index (χ4n) is 2.48. The third kappa shape index (κ3) is 2.19. The Bertz CT molecular complexity index is 640. The predicted molar refractivity (Wildman–Crippen MR) is 70.2 cm³/mol. The van der Waals surface area contributed by atoms with Crippen LogP contribution < -0.4 is 9.64 Å². The molecule has 1 aromatic rings. The van der Waals surface area contributed by atoms with Crippen molar-refractivity contribution in [1.82, 2.24) is 0 Å². The maximum atomic E-state index is 12.3. The molecule has 1 amide bonds. The van der Waals surface area contributed by atoms with Gasteiger partial charge in [-0.3, -0.25) is 9.35 Å². The average molecular weight is 285 g/mol. The van der Waals surface area contributed by atoms with Crippen molar-refractivity contribution in [3.05, 3.63) is 23.8 Å². The van der Waals surface area contributed by atoms with Gasteiger partial charge in [0, 0.05) is 12.7 Å². The monoisotopic (exact) mass is 285 g/mol. The minimum Gasteiger partial charge on any atom is -0.497 e. The number of carbonyl (C=O) groups excluding carboxylic acids is 1. The Morgan fingerprint density at radius 1 is 1.42 bits per heavy atom. The molecule has 0 fully saturated rings. The lowest BCUT2D eigenvalue weighted by Crippen LogP contribution is -2.41. The molecule has 1 aliphatic heterocycles. The highest BCUT2D eigenvalue weighted by Crippen LogP contribution is 2.43. The number of nitrogens with zero attached hydrogens (tertiary/aromatic N) is 1. The van der Waals surface area contributed by atoms with Gasteiger partial charge in [0.25, 0.3) is 10.1 Å². The molecule has 0 saturated heterocycles. The zero-order valence-corrected chi connectivity index (χ0v) is 11.7. The van der Waals surface area contributed by atoms with Crippen LogP contribution in [-0.2, 0) is 20.3 Å². The summed E-state index contributed by atoms with van der Waals surface area (Å²) in [6.45, 7) is 1.50. The summed E-state index contributed by atoms with van der Waals surface area (Å²) in [7, 11) is -1.21. The highest BCUT2D eigenvalue weighted by Gasteiger charge is 2.48. The Kier molecular flexibility index (Phi) is 3.06. The number of amides is 1. The number of rotatable bonds is 3. The third-order valence-electron chi connectivity index (χ3n) is 3.41. The van der Waals surface area contributed by atoms with Crippen molar-refractivity contribution in [2.75, 3.05) is 24.8 Å². The molecule has 19 heavy (non-hydrogen) atoms. The zero-order chi connectivity index (χ0) is 14.4. The molecular weight excluding hydrogens is 270 g/mol. The first-order valence-corrected chi connectivity index (χ1v) is 7.22. The topological polar surface area (TPSA) is 83.9 Å². The largest absolute Gasteiger partial charge is 0.497 e. The van der Waals surface area contributed by atoms with Crippen molar-refractivity contribution in [2.24, 2.45) is 0 Å². The van der Waals surface area contributed by atoms with Gasteiger partial charge in [0.15, 0.2) is 0 Å². The molecule has 104 valence electrons. The maximum Gasteiger partial charge on any atom is 0.266 e. The van der Waals surface area contributed by atoms with E-state index in [-0.39, 0.29) is 5.91 Å². The van der Waals surface area contributed by atoms with Crippen LogP contribution in [0.15, 0.2) is 18.2 Å². The van der Waals surface area contributed by atoms with E-state index in [0.717, 1.165) is 0 Å². The predicted octanol–water partition coefficient (Wildman–Crippen LogP) is 0.817. The number of anilines is 1. The van der Waals surface area contributed by atoms with Crippen LogP contribution in [0.2, 0.25) is 0 Å². The molecule has 1 atom stereocenters. The second-order valence-electron chi connectivity index (χ2n) is 4.81. The fraction of sp³-hybridized carbons (Fsp3) is 0.417. The lowest BCUT2D eigenvalue weighted by atomic mass is 9.86. The van der Waals surface area contributed by atoms with Crippen molar-refractivity contribution in [3.8, 4) is 5.75 Å². The minimum absolute atomic E-state index is 0.367. The average Bonchev–Trinajstić information content (AvgIpc) is 2.49. The molecule has 0 spiro atoms. The first-order valence-electron chi connectivity index (χ1n) is 5.61. The summed E-state index contributed by atoms with van der Waals surface area (Å²) < 4.78 is 36.5. The van der Waals surface area contributed by atoms with E-state index in [0.29, 0.717) is 17.0 Å². The number of carbonyl (C=O) groups is 1. The number of hydrogen-bond donors (Lipinski definition) is 1. The summed E-state index contributed by atoms with van der Waals surface area (Å²) in [6.07, 6.45) is 0. The Morgan fingerprint density at radius 2 is 2.05 bits per heavy atom. The number of methoxy groups -OCH3 is 1. The smallest absolute Gasteiger partial charge is 0.266 e. The lowest BCUT2D eigenvalue weighted by molar-refractivity contribution is -0.121. The number of benzene rings is 1. The van der Waals surface area contributed by atoms with E-state index in [2.05, 4.69) is 0 Å². The molecule has 0 bridgehead atoms. The van der Waals surface area contributed by atoms with Gasteiger partial charge in [0.2, 0.25) is 5.91 Å². The highest BCUT2D eigenvalue weighted by molar-refractivity contribution is 7.85. The molecule has 0 saturated carbocycles. The van der Waals surface area contributed by atoms with Crippen LogP contribution >= 0.6 is 0 Å². The summed E-state index contributed by atoms with van der Waals surface area (Å²) in [5.41, 5.74) is -0.138. The summed E-state index contributed by atoms with van der Waals surface area (Å²) in [5, 5.41) is 0. The summed E-state index contributed by atoms with van der Waals surface area (Å²) >= 11 is 0. The zero-order valence-electron chi connectivity index (χ0n) is 10.9. The standard InChI is InChI=1S/C12H15NO5S/c1-12(7-19(15,16)17)9-6-8(18-3)4-5-10(9)13(2)11(12)14/h4-6H,7H2,1-3H3,(H,15,16,17). The molecule has 1 heterocycles. The van der Waals surface area contributed by atoms with E-state index in [4.69, 9.17) is 9.29 Å². The van der Waals surface area contributed by atoms with Gasteiger partial charge >= 0.3 is 0 Å². The minimum atomic E-state index is -4.27. The van der Waals surface area contributed by atoms with Gasteiger partial charge in [-0.05, 0) is 30.7 Å². The number of hydrogen-bond acceptors (Lipinski definition) is 4. The molecule has 1 aliphatic rings. The molecule has 6 nitrogen and oxygen atoms in total. The third-order valence-corrected chi connectivity index (χ3v) is 4.35. The van der Waals surface area contributed by atoms with Gasteiger partial charge in [0.05, 0.1) is 18.3 Å². The summed E-state index contributed by atoms with van der Waals surface area (Å²) in [4.78, 5) is 13.7. The molecule has 0 aliphatic carbocycles. The first-order chi connectivity index (χ1) is 8.69. The molecule has 1 unspecified atom stereocenters. The van der Waals surface area contributed by atoms with Gasteiger partial charge in [-0.25, -0.2) is 0 Å². The Balaban J connectivity index is 2.62. The van der Waals surface area contributed by atoms with Gasteiger partial charge < -0.3 is 9.64 Å². The normalized spacial score (nSPS) is 22.5. The molecule has 2 rings (SSSR count). The van der Waals surface area contributed by atoms with E-state index in [1.807, 2.05) is 0 Å². The van der Waals surface area contributed by atoms with Crippen LogP contribution in [0, 0.1) is 0 Å². The van der Waals surface area contributed by atoms with Crippen LogP contribution in [0.25, 0.3) is 0 Å². The molecule has 0 aromatic heterocycles. The second kappa shape index (κ2) is 4.21. The number of ether oxygens (including phenoxy) is 1. The van der Waals surface area contributed by atoms with Crippen LogP contribution in [0.3, 0.4) is 0 Å². The molecule has 0 radical (unpaired) electrons. The Hall–Kier alpha value is -1.60. The molecule has 1 N–H and O–H groups in total. The van der Waals surface area contributed by atoms with Gasteiger partial charge in [0.1, 0.15) is 5.75 Å². The van der Waals surface area contributed by atoms with Crippen LogP contribution in [0.4, 0.5) is 5.69 Å². The van der Waals surface area contributed by atoms with Gasteiger partial charge in [-0.1, -0.05) is 0 Å². The van der Waals surface area contributed by atoms with Crippen LogP contribution in [-0.4, -0.2) is 38.8 Å².